The zero-order valence-corrected chi connectivity index (χ0v) is 13.4. The number of nitrogens with one attached hydrogen (secondary N) is 1. The average Bonchev–Trinajstić information content (AvgIpc) is 2.80. The lowest BCUT2D eigenvalue weighted by molar-refractivity contribution is -0.124. The van der Waals surface area contributed by atoms with Gasteiger partial charge in [-0.2, -0.15) is 0 Å². The van der Waals surface area contributed by atoms with Crippen LogP contribution < -0.4 is 5.32 Å². The number of hydrogen-bond donors (Lipinski definition) is 1. The summed E-state index contributed by atoms with van der Waals surface area (Å²) < 4.78 is 1.26. The van der Waals surface area contributed by atoms with E-state index in [1.807, 2.05) is 6.92 Å². The first kappa shape index (κ1) is 13.6. The first-order chi connectivity index (χ1) is 9.19. The highest BCUT2D eigenvalue weighted by molar-refractivity contribution is 14.1. The summed E-state index contributed by atoms with van der Waals surface area (Å²) in [7, 11) is 0. The highest BCUT2D eigenvalue weighted by Crippen LogP contribution is 2.42. The summed E-state index contributed by atoms with van der Waals surface area (Å²) in [6, 6.07) is 9.78. The highest BCUT2D eigenvalue weighted by atomic mass is 127. The van der Waals surface area contributed by atoms with Crippen molar-refractivity contribution in [2.75, 3.05) is 0 Å². The molecule has 4 atom stereocenters. The molecule has 3 heteroatoms. The predicted molar refractivity (Wildman–Crippen MR) is 85.3 cm³/mol. The third-order valence-corrected chi connectivity index (χ3v) is 5.42. The summed E-state index contributed by atoms with van der Waals surface area (Å²) in [4.78, 5) is 12.4. The van der Waals surface area contributed by atoms with E-state index in [4.69, 9.17) is 0 Å². The maximum atomic E-state index is 12.4. The van der Waals surface area contributed by atoms with E-state index < -0.39 is 0 Å². The van der Waals surface area contributed by atoms with Crippen molar-refractivity contribution in [3.63, 3.8) is 0 Å². The summed E-state index contributed by atoms with van der Waals surface area (Å²) in [5, 5.41) is 3.64. The number of Topliss-reactive ketones (excluding diaryl/α,β-unsaturated/α-hetero) is 1. The zero-order chi connectivity index (χ0) is 13.4. The van der Waals surface area contributed by atoms with Crippen LogP contribution in [0.15, 0.2) is 24.3 Å². The van der Waals surface area contributed by atoms with Gasteiger partial charge in [-0.05, 0) is 65.5 Å². The molecule has 0 unspecified atom stereocenters. The molecule has 102 valence electrons. The summed E-state index contributed by atoms with van der Waals surface area (Å²) in [6.07, 6.45) is 4.18. The van der Waals surface area contributed by atoms with Crippen LogP contribution >= 0.6 is 22.6 Å². The molecule has 0 radical (unpaired) electrons. The quantitative estimate of drug-likeness (QED) is 0.827. The molecule has 2 saturated heterocycles. The summed E-state index contributed by atoms with van der Waals surface area (Å²) in [6.45, 7) is 1.99. The van der Waals surface area contributed by atoms with Gasteiger partial charge in [-0.3, -0.25) is 4.79 Å². The maximum Gasteiger partial charge on any atom is 0.137 e. The molecule has 2 aliphatic rings. The molecular weight excluding hydrogens is 349 g/mol. The van der Waals surface area contributed by atoms with Crippen molar-refractivity contribution in [2.24, 2.45) is 5.92 Å². The molecule has 2 fully saturated rings. The van der Waals surface area contributed by atoms with Gasteiger partial charge in [0.15, 0.2) is 0 Å². The number of halogens is 1. The molecule has 3 rings (SSSR count). The second-order valence-electron chi connectivity index (χ2n) is 5.79. The fourth-order valence-electron chi connectivity index (χ4n) is 3.79. The Morgan fingerprint density at radius 1 is 1.32 bits per heavy atom. The first-order valence-electron chi connectivity index (χ1n) is 7.23. The fraction of sp³-hybridized carbons (Fsp3) is 0.562. The Hall–Kier alpha value is -0.420. The van der Waals surface area contributed by atoms with Crippen molar-refractivity contribution in [1.29, 1.82) is 0 Å². The van der Waals surface area contributed by atoms with E-state index in [0.717, 1.165) is 6.42 Å². The summed E-state index contributed by atoms with van der Waals surface area (Å²) in [5.41, 5.74) is 1.35. The number of benzene rings is 1. The van der Waals surface area contributed by atoms with Crippen LogP contribution in [0, 0.1) is 9.49 Å². The van der Waals surface area contributed by atoms with Crippen molar-refractivity contribution < 1.29 is 4.79 Å². The SMILES string of the molecule is CCC(=O)[C@H]1[C@@H](c2ccc(I)cc2)C[C@@H]2CC[C@H]1N2. The monoisotopic (exact) mass is 369 g/mol. The number of piperidine rings is 1. The first-order valence-corrected chi connectivity index (χ1v) is 8.31. The number of rotatable bonds is 3. The minimum absolute atomic E-state index is 0.184. The molecule has 0 amide bonds. The molecule has 1 aromatic rings. The topological polar surface area (TPSA) is 29.1 Å². The molecule has 0 saturated carbocycles. The van der Waals surface area contributed by atoms with Gasteiger partial charge in [0.05, 0.1) is 0 Å². The van der Waals surface area contributed by atoms with Crippen molar-refractivity contribution in [2.45, 2.75) is 50.6 Å². The Labute approximate surface area is 128 Å². The van der Waals surface area contributed by atoms with E-state index in [2.05, 4.69) is 52.2 Å². The van der Waals surface area contributed by atoms with Gasteiger partial charge in [0, 0.05) is 28.0 Å². The van der Waals surface area contributed by atoms with Crippen LogP contribution in [-0.2, 0) is 4.79 Å². The largest absolute Gasteiger partial charge is 0.310 e. The zero-order valence-electron chi connectivity index (χ0n) is 11.2. The molecule has 2 aliphatic heterocycles. The molecule has 2 heterocycles. The molecule has 0 aromatic heterocycles. The van der Waals surface area contributed by atoms with Crippen molar-refractivity contribution >= 4 is 28.4 Å². The van der Waals surface area contributed by atoms with E-state index in [-0.39, 0.29) is 5.92 Å². The Kier molecular flexibility index (Phi) is 3.94. The molecule has 2 bridgehead atoms. The van der Waals surface area contributed by atoms with Gasteiger partial charge in [-0.25, -0.2) is 0 Å². The third kappa shape index (κ3) is 2.59. The molecule has 0 spiro atoms. The molecular formula is C16H20INO. The lowest BCUT2D eigenvalue weighted by Crippen LogP contribution is -2.47. The van der Waals surface area contributed by atoms with Crippen LogP contribution in [0.2, 0.25) is 0 Å². The molecule has 0 aliphatic carbocycles. The van der Waals surface area contributed by atoms with E-state index >= 15 is 0 Å². The van der Waals surface area contributed by atoms with E-state index in [9.17, 15) is 4.79 Å². The van der Waals surface area contributed by atoms with Crippen molar-refractivity contribution in [3.8, 4) is 0 Å². The average molecular weight is 369 g/mol. The number of carbonyl (C=O) groups excluding carboxylic acids is 1. The number of carbonyl (C=O) groups is 1. The van der Waals surface area contributed by atoms with Crippen LogP contribution in [0.5, 0.6) is 0 Å². The van der Waals surface area contributed by atoms with Crippen molar-refractivity contribution in [3.05, 3.63) is 33.4 Å². The standard InChI is InChI=1S/C16H20INO/c1-2-15(19)16-13(9-12-7-8-14(16)18-12)10-3-5-11(17)6-4-10/h3-6,12-14,16,18H,2,7-9H2,1H3/t12-,13+,14+,16-/m0/s1. The number of hydrogen-bond acceptors (Lipinski definition) is 2. The van der Waals surface area contributed by atoms with Gasteiger partial charge in [0.1, 0.15) is 5.78 Å². The van der Waals surface area contributed by atoms with Crippen LogP contribution in [0.4, 0.5) is 0 Å². The minimum Gasteiger partial charge on any atom is -0.310 e. The maximum absolute atomic E-state index is 12.4. The van der Waals surface area contributed by atoms with Crippen LogP contribution in [-0.4, -0.2) is 17.9 Å². The van der Waals surface area contributed by atoms with Gasteiger partial charge in [0.2, 0.25) is 0 Å². The van der Waals surface area contributed by atoms with Gasteiger partial charge in [0.25, 0.3) is 0 Å². The predicted octanol–water partition coefficient (Wildman–Crippen LogP) is 3.49. The molecule has 19 heavy (non-hydrogen) atoms. The van der Waals surface area contributed by atoms with E-state index in [0.29, 0.717) is 30.2 Å². The Balaban J connectivity index is 1.92. The highest BCUT2D eigenvalue weighted by Gasteiger charge is 2.44. The number of ketones is 1. The minimum atomic E-state index is 0.184. The lowest BCUT2D eigenvalue weighted by Gasteiger charge is -2.37. The van der Waals surface area contributed by atoms with E-state index in [1.54, 1.807) is 0 Å². The molecule has 1 aromatic carbocycles. The Morgan fingerprint density at radius 2 is 2.05 bits per heavy atom. The summed E-state index contributed by atoms with van der Waals surface area (Å²) >= 11 is 2.33. The van der Waals surface area contributed by atoms with Gasteiger partial charge >= 0.3 is 0 Å². The normalized spacial score (nSPS) is 33.4. The van der Waals surface area contributed by atoms with Gasteiger partial charge in [-0.15, -0.1) is 0 Å². The molecule has 2 nitrogen and oxygen atoms in total. The number of fused-ring (bicyclic) bond motifs is 2. The third-order valence-electron chi connectivity index (χ3n) is 4.70. The second kappa shape index (κ2) is 5.52. The Bertz CT molecular complexity index is 470. The van der Waals surface area contributed by atoms with Gasteiger partial charge < -0.3 is 5.32 Å². The molecule has 1 N–H and O–H groups in total. The van der Waals surface area contributed by atoms with Gasteiger partial charge in [-0.1, -0.05) is 19.1 Å². The van der Waals surface area contributed by atoms with Crippen LogP contribution in [0.25, 0.3) is 0 Å². The fourth-order valence-corrected chi connectivity index (χ4v) is 4.15. The van der Waals surface area contributed by atoms with Crippen LogP contribution in [0.3, 0.4) is 0 Å². The smallest absolute Gasteiger partial charge is 0.137 e. The Morgan fingerprint density at radius 3 is 2.74 bits per heavy atom. The second-order valence-corrected chi connectivity index (χ2v) is 7.03. The summed E-state index contributed by atoms with van der Waals surface area (Å²) in [5.74, 6) is 1.04. The lowest BCUT2D eigenvalue weighted by atomic mass is 9.74. The van der Waals surface area contributed by atoms with Crippen LogP contribution in [0.1, 0.15) is 44.1 Å². The van der Waals surface area contributed by atoms with E-state index in [1.165, 1.54) is 22.0 Å². The van der Waals surface area contributed by atoms with Crippen molar-refractivity contribution in [1.82, 2.24) is 5.32 Å².